The molecule has 0 radical (unpaired) electrons. The molecule has 2 atom stereocenters. The molecule has 2 fully saturated rings. The Bertz CT molecular complexity index is 451. The number of nitrogens with two attached hydrogens (primary N) is 1. The fourth-order valence-electron chi connectivity index (χ4n) is 3.77. The van der Waals surface area contributed by atoms with Crippen molar-refractivity contribution < 1.29 is 4.79 Å². The molecule has 5 heteroatoms. The molecule has 1 aromatic rings. The van der Waals surface area contributed by atoms with Gasteiger partial charge in [-0.1, -0.05) is 12.8 Å². The van der Waals surface area contributed by atoms with E-state index in [1.807, 2.05) is 11.1 Å². The van der Waals surface area contributed by atoms with Crippen molar-refractivity contribution in [1.82, 2.24) is 14.9 Å². The number of carbonyl (C=O) groups excluding carboxylic acids is 1. The van der Waals surface area contributed by atoms with Crippen LogP contribution in [0.5, 0.6) is 0 Å². The standard InChI is InChI=1S/C16H26N4O/c17-14-4-2-1-3-13(14)9-16(21)20-7-5-12(6-8-20)15-10-18-11-19-15/h10-14H,1-9,17H2,(H,18,19)/t13-,14-/m1/s1. The summed E-state index contributed by atoms with van der Waals surface area (Å²) in [6, 6.07) is 0.227. The van der Waals surface area contributed by atoms with Crippen molar-refractivity contribution in [1.29, 1.82) is 0 Å². The lowest BCUT2D eigenvalue weighted by molar-refractivity contribution is -0.133. The maximum absolute atomic E-state index is 12.5. The first kappa shape index (κ1) is 14.6. The Balaban J connectivity index is 1.48. The van der Waals surface area contributed by atoms with Gasteiger partial charge in [0.25, 0.3) is 0 Å². The van der Waals surface area contributed by atoms with E-state index in [2.05, 4.69) is 9.97 Å². The Morgan fingerprint density at radius 1 is 1.29 bits per heavy atom. The lowest BCUT2D eigenvalue weighted by Gasteiger charge is -2.34. The summed E-state index contributed by atoms with van der Waals surface area (Å²) in [6.07, 6.45) is 11.0. The fraction of sp³-hybridized carbons (Fsp3) is 0.750. The molecule has 21 heavy (non-hydrogen) atoms. The van der Waals surface area contributed by atoms with Crippen LogP contribution in [0.2, 0.25) is 0 Å². The van der Waals surface area contributed by atoms with E-state index in [4.69, 9.17) is 5.73 Å². The monoisotopic (exact) mass is 290 g/mol. The molecule has 2 heterocycles. The summed E-state index contributed by atoms with van der Waals surface area (Å²) in [5.74, 6) is 1.23. The van der Waals surface area contributed by atoms with E-state index in [9.17, 15) is 4.79 Å². The minimum absolute atomic E-state index is 0.227. The van der Waals surface area contributed by atoms with Crippen molar-refractivity contribution in [3.05, 3.63) is 18.2 Å². The molecule has 5 nitrogen and oxygen atoms in total. The molecular weight excluding hydrogens is 264 g/mol. The zero-order valence-corrected chi connectivity index (χ0v) is 12.6. The molecule has 1 aromatic heterocycles. The Hall–Kier alpha value is -1.36. The van der Waals surface area contributed by atoms with Crippen LogP contribution in [-0.4, -0.2) is 39.9 Å². The zero-order valence-electron chi connectivity index (χ0n) is 12.6. The molecule has 1 saturated carbocycles. The first-order valence-electron chi connectivity index (χ1n) is 8.25. The third-order valence-corrected chi connectivity index (χ3v) is 5.21. The maximum atomic E-state index is 12.5. The largest absolute Gasteiger partial charge is 0.348 e. The number of nitrogens with zero attached hydrogens (tertiary/aromatic N) is 2. The van der Waals surface area contributed by atoms with Crippen LogP contribution in [0, 0.1) is 5.92 Å². The van der Waals surface area contributed by atoms with E-state index < -0.39 is 0 Å². The lowest BCUT2D eigenvalue weighted by atomic mass is 9.82. The van der Waals surface area contributed by atoms with Gasteiger partial charge in [0.1, 0.15) is 0 Å². The van der Waals surface area contributed by atoms with Crippen molar-refractivity contribution in [2.45, 2.75) is 56.9 Å². The number of nitrogens with one attached hydrogen (secondary N) is 1. The van der Waals surface area contributed by atoms with Gasteiger partial charge < -0.3 is 15.6 Å². The lowest BCUT2D eigenvalue weighted by Crippen LogP contribution is -2.42. The highest BCUT2D eigenvalue weighted by Crippen LogP contribution is 2.29. The van der Waals surface area contributed by atoms with Crippen LogP contribution >= 0.6 is 0 Å². The minimum atomic E-state index is 0.227. The summed E-state index contributed by atoms with van der Waals surface area (Å²) < 4.78 is 0. The molecule has 0 aromatic carbocycles. The van der Waals surface area contributed by atoms with Crippen molar-refractivity contribution in [2.75, 3.05) is 13.1 Å². The van der Waals surface area contributed by atoms with Gasteiger partial charge in [-0.05, 0) is 31.6 Å². The number of piperidine rings is 1. The number of carbonyl (C=O) groups is 1. The molecule has 1 aliphatic carbocycles. The molecule has 116 valence electrons. The molecule has 3 rings (SSSR count). The van der Waals surface area contributed by atoms with Gasteiger partial charge in [-0.2, -0.15) is 0 Å². The predicted molar refractivity (Wildman–Crippen MR) is 81.7 cm³/mol. The van der Waals surface area contributed by atoms with E-state index in [1.54, 1.807) is 6.33 Å². The third kappa shape index (κ3) is 3.46. The van der Waals surface area contributed by atoms with Gasteiger partial charge in [0, 0.05) is 43.4 Å². The Morgan fingerprint density at radius 2 is 2.05 bits per heavy atom. The molecule has 0 unspecified atom stereocenters. The number of imidazole rings is 1. The van der Waals surface area contributed by atoms with Gasteiger partial charge in [-0.15, -0.1) is 0 Å². The normalized spacial score (nSPS) is 27.8. The highest BCUT2D eigenvalue weighted by atomic mass is 16.2. The molecule has 2 aliphatic rings. The van der Waals surface area contributed by atoms with Crippen molar-refractivity contribution in [3.63, 3.8) is 0 Å². The predicted octanol–water partition coefficient (Wildman–Crippen LogP) is 2.02. The average Bonchev–Trinajstić information content (AvgIpc) is 3.04. The van der Waals surface area contributed by atoms with Crippen LogP contribution in [0.15, 0.2) is 12.5 Å². The van der Waals surface area contributed by atoms with E-state index in [1.165, 1.54) is 18.5 Å². The zero-order chi connectivity index (χ0) is 14.7. The number of amides is 1. The summed E-state index contributed by atoms with van der Waals surface area (Å²) in [5.41, 5.74) is 7.37. The number of hydrogen-bond acceptors (Lipinski definition) is 3. The van der Waals surface area contributed by atoms with Crippen molar-refractivity contribution >= 4 is 5.91 Å². The Labute approximate surface area is 126 Å². The number of rotatable bonds is 3. The second kappa shape index (κ2) is 6.60. The molecule has 1 saturated heterocycles. The number of hydrogen-bond donors (Lipinski definition) is 2. The van der Waals surface area contributed by atoms with E-state index in [-0.39, 0.29) is 6.04 Å². The average molecular weight is 290 g/mol. The van der Waals surface area contributed by atoms with Gasteiger partial charge in [0.05, 0.1) is 6.33 Å². The van der Waals surface area contributed by atoms with Crippen LogP contribution in [-0.2, 0) is 4.79 Å². The Morgan fingerprint density at radius 3 is 2.71 bits per heavy atom. The van der Waals surface area contributed by atoms with Crippen LogP contribution in [0.1, 0.15) is 56.6 Å². The van der Waals surface area contributed by atoms with Gasteiger partial charge in [0.2, 0.25) is 5.91 Å². The third-order valence-electron chi connectivity index (χ3n) is 5.21. The smallest absolute Gasteiger partial charge is 0.222 e. The maximum Gasteiger partial charge on any atom is 0.222 e. The van der Waals surface area contributed by atoms with Gasteiger partial charge >= 0.3 is 0 Å². The summed E-state index contributed by atoms with van der Waals surface area (Å²) in [5, 5.41) is 0. The number of H-pyrrole nitrogens is 1. The van der Waals surface area contributed by atoms with Crippen LogP contribution in [0.4, 0.5) is 0 Å². The van der Waals surface area contributed by atoms with Crippen LogP contribution < -0.4 is 5.73 Å². The second-order valence-corrected chi connectivity index (χ2v) is 6.57. The Kier molecular flexibility index (Phi) is 4.58. The minimum Gasteiger partial charge on any atom is -0.348 e. The summed E-state index contributed by atoms with van der Waals surface area (Å²) in [4.78, 5) is 21.8. The number of aromatic nitrogens is 2. The molecular formula is C16H26N4O. The SMILES string of the molecule is N[C@@H]1CCCC[C@@H]1CC(=O)N1CCC(c2cnc[nH]2)CC1. The molecule has 3 N–H and O–H groups in total. The number of aromatic amines is 1. The quantitative estimate of drug-likeness (QED) is 0.894. The van der Waals surface area contributed by atoms with E-state index in [0.29, 0.717) is 24.2 Å². The fourth-order valence-corrected chi connectivity index (χ4v) is 3.77. The van der Waals surface area contributed by atoms with Crippen LogP contribution in [0.3, 0.4) is 0 Å². The molecule has 1 aliphatic heterocycles. The van der Waals surface area contributed by atoms with E-state index in [0.717, 1.165) is 38.8 Å². The highest BCUT2D eigenvalue weighted by molar-refractivity contribution is 5.76. The van der Waals surface area contributed by atoms with Gasteiger partial charge in [-0.25, -0.2) is 4.98 Å². The number of likely N-dealkylation sites (tertiary alicyclic amines) is 1. The summed E-state index contributed by atoms with van der Waals surface area (Å²) >= 11 is 0. The van der Waals surface area contributed by atoms with Crippen molar-refractivity contribution in [2.24, 2.45) is 11.7 Å². The summed E-state index contributed by atoms with van der Waals surface area (Å²) in [7, 11) is 0. The topological polar surface area (TPSA) is 75.0 Å². The van der Waals surface area contributed by atoms with Gasteiger partial charge in [0.15, 0.2) is 0 Å². The first-order valence-corrected chi connectivity index (χ1v) is 8.25. The summed E-state index contributed by atoms with van der Waals surface area (Å²) in [6.45, 7) is 1.73. The van der Waals surface area contributed by atoms with Crippen molar-refractivity contribution in [3.8, 4) is 0 Å². The first-order chi connectivity index (χ1) is 10.2. The molecule has 1 amide bonds. The van der Waals surface area contributed by atoms with Crippen LogP contribution in [0.25, 0.3) is 0 Å². The highest BCUT2D eigenvalue weighted by Gasteiger charge is 2.29. The van der Waals surface area contributed by atoms with Gasteiger partial charge in [-0.3, -0.25) is 4.79 Å². The van der Waals surface area contributed by atoms with E-state index >= 15 is 0 Å². The molecule has 0 bridgehead atoms. The second-order valence-electron chi connectivity index (χ2n) is 6.57. The molecule has 0 spiro atoms.